The molecule has 8 heteroatoms. The van der Waals surface area contributed by atoms with Crippen LogP contribution in [0.2, 0.25) is 0 Å². The fourth-order valence-electron chi connectivity index (χ4n) is 2.89. The third kappa shape index (κ3) is 3.91. The molecule has 0 bridgehead atoms. The summed E-state index contributed by atoms with van der Waals surface area (Å²) in [6, 6.07) is -0.135. The van der Waals surface area contributed by atoms with E-state index < -0.39 is 10.0 Å². The van der Waals surface area contributed by atoms with Gasteiger partial charge in [0.1, 0.15) is 0 Å². The van der Waals surface area contributed by atoms with Gasteiger partial charge in [0.2, 0.25) is 15.9 Å². The normalized spacial score (nSPS) is 31.5. The highest BCUT2D eigenvalue weighted by molar-refractivity contribution is 7.88. The van der Waals surface area contributed by atoms with Crippen molar-refractivity contribution >= 4 is 15.9 Å². The first-order valence-electron chi connectivity index (χ1n) is 6.92. The van der Waals surface area contributed by atoms with Gasteiger partial charge >= 0.3 is 0 Å². The van der Waals surface area contributed by atoms with Gasteiger partial charge < -0.3 is 15.0 Å². The zero-order valence-corrected chi connectivity index (χ0v) is 12.8. The van der Waals surface area contributed by atoms with Crippen molar-refractivity contribution in [3.63, 3.8) is 0 Å². The average molecular weight is 305 g/mol. The molecule has 116 valence electrons. The van der Waals surface area contributed by atoms with Crippen molar-refractivity contribution in [1.82, 2.24) is 14.9 Å². The Hall–Kier alpha value is -0.700. The third-order valence-electron chi connectivity index (χ3n) is 3.88. The van der Waals surface area contributed by atoms with E-state index in [4.69, 9.17) is 4.74 Å². The molecule has 0 aliphatic carbocycles. The Labute approximate surface area is 120 Å². The van der Waals surface area contributed by atoms with Gasteiger partial charge in [-0.25, -0.2) is 13.1 Å². The number of ether oxygens (including phenoxy) is 1. The smallest absolute Gasteiger partial charge is 0.229 e. The fraction of sp³-hybridized carbons (Fsp3) is 0.917. The van der Waals surface area contributed by atoms with E-state index in [1.54, 1.807) is 4.90 Å². The van der Waals surface area contributed by atoms with Gasteiger partial charge in [0.25, 0.3) is 0 Å². The molecule has 3 unspecified atom stereocenters. The molecule has 0 spiro atoms. The van der Waals surface area contributed by atoms with Crippen molar-refractivity contribution in [1.29, 1.82) is 0 Å². The second-order valence-electron chi connectivity index (χ2n) is 5.55. The van der Waals surface area contributed by atoms with Gasteiger partial charge in [-0.05, 0) is 19.9 Å². The minimum absolute atomic E-state index is 0.0470. The molecule has 2 aliphatic rings. The van der Waals surface area contributed by atoms with Crippen molar-refractivity contribution in [3.05, 3.63) is 0 Å². The molecule has 2 aliphatic heterocycles. The molecule has 2 heterocycles. The molecule has 2 rings (SSSR count). The van der Waals surface area contributed by atoms with Gasteiger partial charge in [-0.2, -0.15) is 0 Å². The molecule has 0 aromatic carbocycles. The first kappa shape index (κ1) is 15.7. The van der Waals surface area contributed by atoms with Gasteiger partial charge in [0.15, 0.2) is 0 Å². The average Bonchev–Trinajstić information content (AvgIpc) is 2.84. The highest BCUT2D eigenvalue weighted by Crippen LogP contribution is 2.20. The van der Waals surface area contributed by atoms with Crippen LogP contribution in [-0.4, -0.2) is 70.9 Å². The molecule has 0 saturated carbocycles. The maximum atomic E-state index is 12.5. The Morgan fingerprint density at radius 2 is 2.10 bits per heavy atom. The zero-order valence-electron chi connectivity index (χ0n) is 12.0. The van der Waals surface area contributed by atoms with E-state index in [0.717, 1.165) is 19.1 Å². The summed E-state index contributed by atoms with van der Waals surface area (Å²) < 4.78 is 30.5. The van der Waals surface area contributed by atoms with Crippen LogP contribution < -0.4 is 10.0 Å². The molecule has 0 aromatic rings. The van der Waals surface area contributed by atoms with E-state index in [0.29, 0.717) is 26.3 Å². The van der Waals surface area contributed by atoms with Crippen LogP contribution in [0.4, 0.5) is 0 Å². The van der Waals surface area contributed by atoms with Crippen LogP contribution in [0, 0.1) is 5.92 Å². The topological polar surface area (TPSA) is 87.7 Å². The number of carbonyl (C=O) groups is 1. The predicted molar refractivity (Wildman–Crippen MR) is 74.7 cm³/mol. The van der Waals surface area contributed by atoms with Crippen LogP contribution in [-0.2, 0) is 19.6 Å². The van der Waals surface area contributed by atoms with Crippen LogP contribution in [0.1, 0.15) is 12.8 Å². The molecule has 2 N–H and O–H groups in total. The lowest BCUT2D eigenvalue weighted by Gasteiger charge is -2.35. The SMILES string of the molecule is CNC1COCC1C(=O)N1CCCC(NS(C)(=O)=O)C1. The molecule has 2 saturated heterocycles. The Bertz CT molecular complexity index is 454. The number of sulfonamides is 1. The lowest BCUT2D eigenvalue weighted by molar-refractivity contribution is -0.137. The molecule has 0 radical (unpaired) electrons. The summed E-state index contributed by atoms with van der Waals surface area (Å²) in [5.41, 5.74) is 0. The molecule has 7 nitrogen and oxygen atoms in total. The Kier molecular flexibility index (Phi) is 5.00. The second-order valence-corrected chi connectivity index (χ2v) is 7.33. The minimum atomic E-state index is -3.23. The van der Waals surface area contributed by atoms with Crippen molar-refractivity contribution in [2.75, 3.05) is 39.6 Å². The van der Waals surface area contributed by atoms with Crippen LogP contribution in [0.25, 0.3) is 0 Å². The van der Waals surface area contributed by atoms with Crippen LogP contribution >= 0.6 is 0 Å². The summed E-state index contributed by atoms with van der Waals surface area (Å²) in [6.45, 7) is 2.11. The van der Waals surface area contributed by atoms with E-state index in [2.05, 4.69) is 10.0 Å². The molecule has 20 heavy (non-hydrogen) atoms. The van der Waals surface area contributed by atoms with Gasteiger partial charge in [-0.1, -0.05) is 0 Å². The third-order valence-corrected chi connectivity index (χ3v) is 4.64. The van der Waals surface area contributed by atoms with Gasteiger partial charge in [0, 0.05) is 25.2 Å². The van der Waals surface area contributed by atoms with E-state index in [1.165, 1.54) is 0 Å². The summed E-state index contributed by atoms with van der Waals surface area (Å²) in [4.78, 5) is 14.3. The molecular weight excluding hydrogens is 282 g/mol. The van der Waals surface area contributed by atoms with Crippen LogP contribution in [0.15, 0.2) is 0 Å². The standard InChI is InChI=1S/C12H23N3O4S/c1-13-11-8-19-7-10(11)12(16)15-5-3-4-9(6-15)14-20(2,17)18/h9-11,13-14H,3-8H2,1-2H3. The van der Waals surface area contributed by atoms with E-state index in [9.17, 15) is 13.2 Å². The van der Waals surface area contributed by atoms with E-state index in [1.807, 2.05) is 7.05 Å². The van der Waals surface area contributed by atoms with Crippen molar-refractivity contribution in [2.45, 2.75) is 24.9 Å². The number of nitrogens with one attached hydrogen (secondary N) is 2. The number of amides is 1. The second kappa shape index (κ2) is 6.38. The maximum absolute atomic E-state index is 12.5. The number of rotatable bonds is 4. The Balaban J connectivity index is 1.96. The maximum Gasteiger partial charge on any atom is 0.229 e. The Morgan fingerprint density at radius 3 is 2.75 bits per heavy atom. The highest BCUT2D eigenvalue weighted by Gasteiger charge is 2.37. The van der Waals surface area contributed by atoms with Crippen molar-refractivity contribution < 1.29 is 17.9 Å². The summed E-state index contributed by atoms with van der Waals surface area (Å²) in [5, 5.41) is 3.10. The summed E-state index contributed by atoms with van der Waals surface area (Å²) >= 11 is 0. The molecule has 0 aromatic heterocycles. The van der Waals surface area contributed by atoms with Crippen molar-refractivity contribution in [2.24, 2.45) is 5.92 Å². The first-order chi connectivity index (χ1) is 9.40. The van der Waals surface area contributed by atoms with Gasteiger partial charge in [-0.3, -0.25) is 4.79 Å². The highest BCUT2D eigenvalue weighted by atomic mass is 32.2. The summed E-state index contributed by atoms with van der Waals surface area (Å²) in [5.74, 6) is -0.112. The molecule has 2 fully saturated rings. The zero-order chi connectivity index (χ0) is 14.8. The number of carbonyl (C=O) groups excluding carboxylic acids is 1. The minimum Gasteiger partial charge on any atom is -0.379 e. The number of likely N-dealkylation sites (tertiary alicyclic amines) is 1. The van der Waals surface area contributed by atoms with Crippen LogP contribution in [0.3, 0.4) is 0 Å². The quantitative estimate of drug-likeness (QED) is 0.678. The number of nitrogens with zero attached hydrogens (tertiary/aromatic N) is 1. The molecular formula is C12H23N3O4S. The van der Waals surface area contributed by atoms with Gasteiger partial charge in [-0.15, -0.1) is 0 Å². The largest absolute Gasteiger partial charge is 0.379 e. The lowest BCUT2D eigenvalue weighted by atomic mass is 9.99. The lowest BCUT2D eigenvalue weighted by Crippen LogP contribution is -2.53. The number of piperidine rings is 1. The van der Waals surface area contributed by atoms with Crippen molar-refractivity contribution in [3.8, 4) is 0 Å². The summed E-state index contributed by atoms with van der Waals surface area (Å²) in [6.07, 6.45) is 2.74. The van der Waals surface area contributed by atoms with Gasteiger partial charge in [0.05, 0.1) is 25.4 Å². The number of likely N-dealkylation sites (N-methyl/N-ethyl adjacent to an activating group) is 1. The first-order valence-corrected chi connectivity index (χ1v) is 8.81. The number of hydrogen-bond acceptors (Lipinski definition) is 5. The predicted octanol–water partition coefficient (Wildman–Crippen LogP) is -1.24. The molecule has 3 atom stereocenters. The molecule has 1 amide bonds. The summed E-state index contributed by atoms with van der Waals surface area (Å²) in [7, 11) is -1.41. The fourth-order valence-corrected chi connectivity index (χ4v) is 3.69. The Morgan fingerprint density at radius 1 is 1.35 bits per heavy atom. The van der Waals surface area contributed by atoms with E-state index in [-0.39, 0.29) is 23.9 Å². The van der Waals surface area contributed by atoms with Crippen LogP contribution in [0.5, 0.6) is 0 Å². The number of hydrogen-bond donors (Lipinski definition) is 2. The van der Waals surface area contributed by atoms with E-state index >= 15 is 0 Å². The monoisotopic (exact) mass is 305 g/mol.